The Morgan fingerprint density at radius 2 is 1.97 bits per heavy atom. The molecule has 2 fully saturated rings. The summed E-state index contributed by atoms with van der Waals surface area (Å²) in [5.41, 5.74) is 0. The van der Waals surface area contributed by atoms with Gasteiger partial charge in [-0.3, -0.25) is 9.89 Å². The van der Waals surface area contributed by atoms with Gasteiger partial charge in [0.05, 0.1) is 12.7 Å². The lowest BCUT2D eigenvalue weighted by molar-refractivity contribution is 0.0168. The zero-order valence-electron chi connectivity index (χ0n) is 18.0. The van der Waals surface area contributed by atoms with Crippen LogP contribution in [0.15, 0.2) is 23.5 Å². The van der Waals surface area contributed by atoms with Gasteiger partial charge in [0.25, 0.3) is 0 Å². The SMILES string of the molecule is CN=C(NCCCOCC1CCCO1)NCCN1CCN(c2ncccn2)CC1.I. The lowest BCUT2D eigenvalue weighted by Gasteiger charge is -2.34. The minimum absolute atomic E-state index is 0. The van der Waals surface area contributed by atoms with Crippen LogP contribution in [0.3, 0.4) is 0 Å². The average Bonchev–Trinajstić information content (AvgIpc) is 3.29. The Labute approximate surface area is 197 Å². The summed E-state index contributed by atoms with van der Waals surface area (Å²) in [6, 6.07) is 1.85. The second-order valence-electron chi connectivity index (χ2n) is 7.37. The number of hydrogen-bond donors (Lipinski definition) is 2. The summed E-state index contributed by atoms with van der Waals surface area (Å²) in [5, 5.41) is 6.74. The number of hydrogen-bond acceptors (Lipinski definition) is 7. The van der Waals surface area contributed by atoms with Gasteiger partial charge in [-0.1, -0.05) is 0 Å². The number of rotatable bonds is 10. The van der Waals surface area contributed by atoms with Crippen molar-refractivity contribution in [3.05, 3.63) is 18.5 Å². The van der Waals surface area contributed by atoms with E-state index in [0.717, 1.165) is 96.8 Å². The number of halogens is 1. The van der Waals surface area contributed by atoms with Crippen molar-refractivity contribution in [2.45, 2.75) is 25.4 Å². The molecule has 9 nitrogen and oxygen atoms in total. The van der Waals surface area contributed by atoms with Gasteiger partial charge < -0.3 is 25.0 Å². The van der Waals surface area contributed by atoms with E-state index in [0.29, 0.717) is 6.10 Å². The van der Waals surface area contributed by atoms with E-state index in [2.05, 4.69) is 35.4 Å². The van der Waals surface area contributed by atoms with Gasteiger partial charge in [-0.25, -0.2) is 9.97 Å². The normalized spacial score (nSPS) is 20.1. The fraction of sp³-hybridized carbons (Fsp3) is 0.750. The lowest BCUT2D eigenvalue weighted by Crippen LogP contribution is -2.49. The third-order valence-corrected chi connectivity index (χ3v) is 5.24. The molecule has 10 heteroatoms. The highest BCUT2D eigenvalue weighted by Crippen LogP contribution is 2.12. The summed E-state index contributed by atoms with van der Waals surface area (Å²) in [7, 11) is 1.81. The molecule has 3 heterocycles. The highest BCUT2D eigenvalue weighted by molar-refractivity contribution is 14.0. The van der Waals surface area contributed by atoms with Crippen molar-refractivity contribution in [3.63, 3.8) is 0 Å². The molecule has 30 heavy (non-hydrogen) atoms. The molecule has 0 aromatic carbocycles. The molecule has 0 aliphatic carbocycles. The number of aromatic nitrogens is 2. The van der Waals surface area contributed by atoms with Crippen LogP contribution < -0.4 is 15.5 Å². The second kappa shape index (κ2) is 14.7. The Kier molecular flexibility index (Phi) is 12.3. The molecule has 3 rings (SSSR count). The van der Waals surface area contributed by atoms with Crippen molar-refractivity contribution in [2.24, 2.45) is 4.99 Å². The van der Waals surface area contributed by atoms with E-state index in [1.807, 2.05) is 13.1 Å². The van der Waals surface area contributed by atoms with Crippen LogP contribution >= 0.6 is 24.0 Å². The number of aliphatic imine (C=N–C) groups is 1. The summed E-state index contributed by atoms with van der Waals surface area (Å²) in [6.07, 6.45) is 7.15. The fourth-order valence-corrected chi connectivity index (χ4v) is 3.55. The minimum Gasteiger partial charge on any atom is -0.379 e. The van der Waals surface area contributed by atoms with Crippen LogP contribution in [0.2, 0.25) is 0 Å². The summed E-state index contributed by atoms with van der Waals surface area (Å²) in [5.74, 6) is 1.68. The van der Waals surface area contributed by atoms with E-state index in [-0.39, 0.29) is 24.0 Å². The third-order valence-electron chi connectivity index (χ3n) is 5.24. The number of nitrogens with zero attached hydrogens (tertiary/aromatic N) is 5. The van der Waals surface area contributed by atoms with Crippen LogP contribution in [-0.2, 0) is 9.47 Å². The van der Waals surface area contributed by atoms with E-state index in [1.165, 1.54) is 0 Å². The Balaban J connectivity index is 0.00000320. The molecular formula is C20H36IN7O2. The first-order chi connectivity index (χ1) is 14.3. The number of anilines is 1. The summed E-state index contributed by atoms with van der Waals surface area (Å²) in [4.78, 5) is 17.7. The molecule has 2 aliphatic rings. The maximum atomic E-state index is 5.69. The molecule has 1 aromatic rings. The van der Waals surface area contributed by atoms with Crippen LogP contribution in [0.4, 0.5) is 5.95 Å². The zero-order valence-corrected chi connectivity index (χ0v) is 20.3. The maximum absolute atomic E-state index is 5.69. The Hall–Kier alpha value is -1.24. The van der Waals surface area contributed by atoms with E-state index < -0.39 is 0 Å². The fourth-order valence-electron chi connectivity index (χ4n) is 3.55. The molecule has 0 bridgehead atoms. The Morgan fingerprint density at radius 1 is 1.20 bits per heavy atom. The number of guanidine groups is 1. The Morgan fingerprint density at radius 3 is 2.67 bits per heavy atom. The van der Waals surface area contributed by atoms with E-state index in [9.17, 15) is 0 Å². The van der Waals surface area contributed by atoms with Gasteiger partial charge in [0, 0.05) is 78.5 Å². The van der Waals surface area contributed by atoms with Gasteiger partial charge in [0.15, 0.2) is 5.96 Å². The van der Waals surface area contributed by atoms with Crippen molar-refractivity contribution in [3.8, 4) is 0 Å². The largest absolute Gasteiger partial charge is 0.379 e. The predicted molar refractivity (Wildman–Crippen MR) is 130 cm³/mol. The lowest BCUT2D eigenvalue weighted by atomic mass is 10.2. The second-order valence-corrected chi connectivity index (χ2v) is 7.37. The zero-order chi connectivity index (χ0) is 20.2. The third kappa shape index (κ3) is 8.86. The quantitative estimate of drug-likeness (QED) is 0.199. The van der Waals surface area contributed by atoms with E-state index in [4.69, 9.17) is 9.47 Å². The minimum atomic E-state index is 0. The van der Waals surface area contributed by atoms with E-state index >= 15 is 0 Å². The summed E-state index contributed by atoms with van der Waals surface area (Å²) < 4.78 is 11.2. The molecule has 2 aliphatic heterocycles. The van der Waals surface area contributed by atoms with Crippen molar-refractivity contribution in [1.82, 2.24) is 25.5 Å². The maximum Gasteiger partial charge on any atom is 0.225 e. The molecule has 0 radical (unpaired) electrons. The average molecular weight is 533 g/mol. The van der Waals surface area contributed by atoms with Gasteiger partial charge in [-0.2, -0.15) is 0 Å². The van der Waals surface area contributed by atoms with Crippen LogP contribution in [0, 0.1) is 0 Å². The van der Waals surface area contributed by atoms with Gasteiger partial charge in [0.2, 0.25) is 5.95 Å². The highest BCUT2D eigenvalue weighted by Gasteiger charge is 2.18. The first-order valence-electron chi connectivity index (χ1n) is 10.7. The van der Waals surface area contributed by atoms with Crippen molar-refractivity contribution < 1.29 is 9.47 Å². The molecule has 1 unspecified atom stereocenters. The summed E-state index contributed by atoms with van der Waals surface area (Å²) in [6.45, 7) is 9.03. The van der Waals surface area contributed by atoms with Gasteiger partial charge in [-0.15, -0.1) is 24.0 Å². The predicted octanol–water partition coefficient (Wildman–Crippen LogP) is 0.967. The van der Waals surface area contributed by atoms with Crippen molar-refractivity contribution in [1.29, 1.82) is 0 Å². The van der Waals surface area contributed by atoms with Crippen LogP contribution in [0.5, 0.6) is 0 Å². The van der Waals surface area contributed by atoms with Crippen LogP contribution in [-0.4, -0.2) is 99.6 Å². The highest BCUT2D eigenvalue weighted by atomic mass is 127. The molecule has 0 amide bonds. The topological polar surface area (TPSA) is 87.1 Å². The molecular weight excluding hydrogens is 497 g/mol. The van der Waals surface area contributed by atoms with Crippen LogP contribution in [0.25, 0.3) is 0 Å². The molecule has 2 N–H and O–H groups in total. The monoisotopic (exact) mass is 533 g/mol. The smallest absolute Gasteiger partial charge is 0.225 e. The summed E-state index contributed by atoms with van der Waals surface area (Å²) >= 11 is 0. The molecule has 1 aromatic heterocycles. The van der Waals surface area contributed by atoms with Gasteiger partial charge in [-0.05, 0) is 25.3 Å². The van der Waals surface area contributed by atoms with Crippen LogP contribution in [0.1, 0.15) is 19.3 Å². The van der Waals surface area contributed by atoms with Crippen molar-refractivity contribution >= 4 is 35.9 Å². The molecule has 170 valence electrons. The van der Waals surface area contributed by atoms with Crippen molar-refractivity contribution in [2.75, 3.05) is 77.6 Å². The van der Waals surface area contributed by atoms with E-state index in [1.54, 1.807) is 12.4 Å². The Bertz CT molecular complexity index is 594. The van der Waals surface area contributed by atoms with Gasteiger partial charge in [0.1, 0.15) is 0 Å². The molecule has 0 saturated carbocycles. The van der Waals surface area contributed by atoms with Gasteiger partial charge >= 0.3 is 0 Å². The number of nitrogens with one attached hydrogen (secondary N) is 2. The first-order valence-corrected chi connectivity index (χ1v) is 10.7. The first kappa shape index (κ1) is 25.0. The standard InChI is InChI=1S/C20H35N7O2.HI/c1-21-19(22-8-4-15-28-17-18-5-2-16-29-18)23-9-10-26-11-13-27(14-12-26)20-24-6-3-7-25-20;/h3,6-7,18H,2,4-5,8-17H2,1H3,(H2,21,22,23);1H. The molecule has 0 spiro atoms. The molecule has 1 atom stereocenters. The molecule has 2 saturated heterocycles. The number of ether oxygens (including phenoxy) is 2. The number of piperazine rings is 1.